The molecule has 0 bridgehead atoms. The molecule has 2 N–H and O–H groups in total. The van der Waals surface area contributed by atoms with Gasteiger partial charge in [-0.25, -0.2) is 0 Å². The average molecular weight is 220 g/mol. The summed E-state index contributed by atoms with van der Waals surface area (Å²) in [6, 6.07) is 6.18. The highest BCUT2D eigenvalue weighted by Gasteiger charge is 2.04. The summed E-state index contributed by atoms with van der Waals surface area (Å²) in [6.45, 7) is 6.51. The van der Waals surface area contributed by atoms with Gasteiger partial charge in [-0.2, -0.15) is 0 Å². The summed E-state index contributed by atoms with van der Waals surface area (Å²) < 4.78 is 0. The first-order valence-corrected chi connectivity index (χ1v) is 6.17. The minimum absolute atomic E-state index is 0.902. The summed E-state index contributed by atoms with van der Waals surface area (Å²) in [5.74, 6) is 0. The lowest BCUT2D eigenvalue weighted by atomic mass is 10.1. The van der Waals surface area contributed by atoms with Gasteiger partial charge in [-0.05, 0) is 44.1 Å². The fraction of sp³-hybridized carbons (Fsp3) is 0.571. The molecule has 2 nitrogen and oxygen atoms in total. The van der Waals surface area contributed by atoms with E-state index in [0.717, 1.165) is 12.2 Å². The van der Waals surface area contributed by atoms with Crippen molar-refractivity contribution >= 4 is 5.69 Å². The van der Waals surface area contributed by atoms with Gasteiger partial charge in [0.1, 0.15) is 0 Å². The Morgan fingerprint density at radius 3 is 2.69 bits per heavy atom. The van der Waals surface area contributed by atoms with Crippen LogP contribution in [0.2, 0.25) is 0 Å². The summed E-state index contributed by atoms with van der Waals surface area (Å²) in [5.41, 5.74) is 9.37. The molecule has 0 heterocycles. The normalized spacial score (nSPS) is 11.0. The third-order valence-corrected chi connectivity index (χ3v) is 3.07. The molecule has 1 aromatic rings. The number of nitrogens with two attached hydrogens (primary N) is 1. The van der Waals surface area contributed by atoms with Crippen LogP contribution < -0.4 is 5.73 Å². The molecular formula is C14H24N2. The Labute approximate surface area is 99.5 Å². The van der Waals surface area contributed by atoms with E-state index in [1.807, 2.05) is 12.1 Å². The van der Waals surface area contributed by atoms with E-state index in [1.54, 1.807) is 0 Å². The van der Waals surface area contributed by atoms with Gasteiger partial charge in [0.05, 0.1) is 0 Å². The smallest absolute Gasteiger partial charge is 0.0346 e. The highest BCUT2D eigenvalue weighted by molar-refractivity contribution is 5.49. The molecule has 16 heavy (non-hydrogen) atoms. The monoisotopic (exact) mass is 220 g/mol. The zero-order valence-corrected chi connectivity index (χ0v) is 10.8. The van der Waals surface area contributed by atoms with Crippen LogP contribution in [0.25, 0.3) is 0 Å². The van der Waals surface area contributed by atoms with Gasteiger partial charge >= 0.3 is 0 Å². The van der Waals surface area contributed by atoms with Gasteiger partial charge in [0.25, 0.3) is 0 Å². The highest BCUT2D eigenvalue weighted by atomic mass is 15.1. The molecular weight excluding hydrogens is 196 g/mol. The lowest BCUT2D eigenvalue weighted by molar-refractivity contribution is 0.317. The maximum Gasteiger partial charge on any atom is 0.0346 e. The number of unbranched alkanes of at least 4 members (excludes halogenated alkanes) is 2. The number of hydrogen-bond donors (Lipinski definition) is 1. The van der Waals surface area contributed by atoms with Crippen LogP contribution in [0.4, 0.5) is 5.69 Å². The number of rotatable bonds is 6. The predicted octanol–water partition coefficient (Wildman–Crippen LogP) is 3.20. The second-order valence-electron chi connectivity index (χ2n) is 4.58. The molecule has 0 atom stereocenters. The van der Waals surface area contributed by atoms with E-state index in [9.17, 15) is 0 Å². The fourth-order valence-corrected chi connectivity index (χ4v) is 1.88. The minimum Gasteiger partial charge on any atom is -0.399 e. The predicted molar refractivity (Wildman–Crippen MR) is 71.5 cm³/mol. The van der Waals surface area contributed by atoms with Gasteiger partial charge in [0.2, 0.25) is 0 Å². The van der Waals surface area contributed by atoms with Crippen LogP contribution in [0.1, 0.15) is 37.3 Å². The number of benzene rings is 1. The van der Waals surface area contributed by atoms with Crippen LogP contribution in [0.3, 0.4) is 0 Å². The van der Waals surface area contributed by atoms with Gasteiger partial charge < -0.3 is 10.6 Å². The Bertz CT molecular complexity index is 321. The average Bonchev–Trinajstić information content (AvgIpc) is 2.25. The lowest BCUT2D eigenvalue weighted by Crippen LogP contribution is -2.19. The Balaban J connectivity index is 2.49. The summed E-state index contributed by atoms with van der Waals surface area (Å²) in [5, 5.41) is 0. The van der Waals surface area contributed by atoms with E-state index in [4.69, 9.17) is 5.73 Å². The van der Waals surface area contributed by atoms with E-state index in [2.05, 4.69) is 31.9 Å². The second kappa shape index (κ2) is 6.54. The Morgan fingerprint density at radius 1 is 1.25 bits per heavy atom. The highest BCUT2D eigenvalue weighted by Crippen LogP contribution is 2.16. The van der Waals surface area contributed by atoms with Gasteiger partial charge in [0, 0.05) is 12.2 Å². The number of hydrogen-bond acceptors (Lipinski definition) is 2. The van der Waals surface area contributed by atoms with Crippen molar-refractivity contribution in [3.63, 3.8) is 0 Å². The van der Waals surface area contributed by atoms with Crippen LogP contribution in [0, 0.1) is 6.92 Å². The minimum atomic E-state index is 0.902. The molecule has 0 amide bonds. The van der Waals surface area contributed by atoms with Gasteiger partial charge in [0.15, 0.2) is 0 Å². The first-order valence-electron chi connectivity index (χ1n) is 6.17. The molecule has 0 fully saturated rings. The van der Waals surface area contributed by atoms with Crippen molar-refractivity contribution in [3.8, 4) is 0 Å². The number of nitrogens with zero attached hydrogens (tertiary/aromatic N) is 1. The fourth-order valence-electron chi connectivity index (χ4n) is 1.88. The van der Waals surface area contributed by atoms with E-state index >= 15 is 0 Å². The quantitative estimate of drug-likeness (QED) is 0.589. The molecule has 1 rings (SSSR count). The zero-order chi connectivity index (χ0) is 12.0. The standard InChI is InChI=1S/C14H24N2/c1-4-5-6-10-16(3)11-13-8-7-9-14(15)12(13)2/h7-9H,4-6,10-11,15H2,1-3H3. The van der Waals surface area contributed by atoms with E-state index < -0.39 is 0 Å². The van der Waals surface area contributed by atoms with Crippen molar-refractivity contribution in [1.82, 2.24) is 4.90 Å². The topological polar surface area (TPSA) is 29.3 Å². The van der Waals surface area contributed by atoms with Crippen molar-refractivity contribution < 1.29 is 0 Å². The van der Waals surface area contributed by atoms with Crippen LogP contribution in [0.5, 0.6) is 0 Å². The summed E-state index contributed by atoms with van der Waals surface area (Å²) in [4.78, 5) is 2.37. The summed E-state index contributed by atoms with van der Waals surface area (Å²) >= 11 is 0. The number of anilines is 1. The number of nitrogen functional groups attached to an aromatic ring is 1. The van der Waals surface area contributed by atoms with E-state index in [-0.39, 0.29) is 0 Å². The molecule has 0 aliphatic rings. The maximum absolute atomic E-state index is 5.90. The Kier molecular flexibility index (Phi) is 5.33. The first-order chi connectivity index (χ1) is 7.65. The van der Waals surface area contributed by atoms with E-state index in [0.29, 0.717) is 0 Å². The summed E-state index contributed by atoms with van der Waals surface area (Å²) in [6.07, 6.45) is 3.89. The third kappa shape index (κ3) is 3.86. The molecule has 90 valence electrons. The molecule has 0 saturated carbocycles. The SMILES string of the molecule is CCCCCN(C)Cc1cccc(N)c1C. The van der Waals surface area contributed by atoms with Crippen molar-refractivity contribution in [2.75, 3.05) is 19.3 Å². The molecule has 0 unspecified atom stereocenters. The van der Waals surface area contributed by atoms with Crippen LogP contribution in [0.15, 0.2) is 18.2 Å². The van der Waals surface area contributed by atoms with Crippen LogP contribution >= 0.6 is 0 Å². The van der Waals surface area contributed by atoms with E-state index in [1.165, 1.54) is 36.9 Å². The molecule has 0 saturated heterocycles. The lowest BCUT2D eigenvalue weighted by Gasteiger charge is -2.18. The third-order valence-electron chi connectivity index (χ3n) is 3.07. The summed E-state index contributed by atoms with van der Waals surface area (Å²) in [7, 11) is 2.18. The molecule has 2 heteroatoms. The first kappa shape index (κ1) is 13.0. The van der Waals surface area contributed by atoms with Crippen molar-refractivity contribution in [2.45, 2.75) is 39.7 Å². The van der Waals surface area contributed by atoms with Crippen LogP contribution in [-0.2, 0) is 6.54 Å². The Hall–Kier alpha value is -1.02. The molecule has 0 radical (unpaired) electrons. The zero-order valence-electron chi connectivity index (χ0n) is 10.8. The molecule has 0 spiro atoms. The van der Waals surface area contributed by atoms with Crippen molar-refractivity contribution in [1.29, 1.82) is 0 Å². The molecule has 1 aromatic carbocycles. The second-order valence-corrected chi connectivity index (χ2v) is 4.58. The Morgan fingerprint density at radius 2 is 2.00 bits per heavy atom. The maximum atomic E-state index is 5.90. The van der Waals surface area contributed by atoms with Gasteiger partial charge in [-0.1, -0.05) is 31.9 Å². The van der Waals surface area contributed by atoms with Gasteiger partial charge in [-0.3, -0.25) is 0 Å². The largest absolute Gasteiger partial charge is 0.399 e. The molecule has 0 aliphatic carbocycles. The van der Waals surface area contributed by atoms with Gasteiger partial charge in [-0.15, -0.1) is 0 Å². The van der Waals surface area contributed by atoms with Crippen molar-refractivity contribution in [3.05, 3.63) is 29.3 Å². The molecule has 0 aliphatic heterocycles. The van der Waals surface area contributed by atoms with Crippen molar-refractivity contribution in [2.24, 2.45) is 0 Å². The van der Waals surface area contributed by atoms with Crippen LogP contribution in [-0.4, -0.2) is 18.5 Å². The molecule has 0 aromatic heterocycles.